The molecular formula is C23H30N4O4. The fourth-order valence-electron chi connectivity index (χ4n) is 4.03. The molecule has 2 aromatic rings. The first-order chi connectivity index (χ1) is 15.1. The van der Waals surface area contributed by atoms with E-state index in [1.165, 1.54) is 5.56 Å². The van der Waals surface area contributed by atoms with Gasteiger partial charge in [0.05, 0.1) is 18.9 Å². The zero-order valence-electron chi connectivity index (χ0n) is 18.0. The lowest BCUT2D eigenvalue weighted by Crippen LogP contribution is -2.49. The van der Waals surface area contributed by atoms with Crippen molar-refractivity contribution >= 4 is 11.9 Å². The second kappa shape index (κ2) is 9.96. The molecule has 1 N–H and O–H groups in total. The van der Waals surface area contributed by atoms with Crippen LogP contribution in [0.15, 0.2) is 34.9 Å². The summed E-state index contributed by atoms with van der Waals surface area (Å²) >= 11 is 0. The number of rotatable bonds is 5. The van der Waals surface area contributed by atoms with E-state index in [9.17, 15) is 9.59 Å². The monoisotopic (exact) mass is 426 g/mol. The maximum Gasteiger partial charge on any atom is 0.317 e. The summed E-state index contributed by atoms with van der Waals surface area (Å²) in [5.41, 5.74) is 2.94. The van der Waals surface area contributed by atoms with Gasteiger partial charge in [-0.1, -0.05) is 17.7 Å². The van der Waals surface area contributed by atoms with Gasteiger partial charge in [0.25, 0.3) is 0 Å². The van der Waals surface area contributed by atoms with E-state index in [2.05, 4.69) is 10.3 Å². The minimum absolute atomic E-state index is 0.0116. The maximum absolute atomic E-state index is 12.6. The fourth-order valence-corrected chi connectivity index (χ4v) is 4.03. The van der Waals surface area contributed by atoms with Crippen molar-refractivity contribution in [2.45, 2.75) is 26.2 Å². The van der Waals surface area contributed by atoms with Gasteiger partial charge in [-0.05, 0) is 31.9 Å². The largest absolute Gasteiger partial charge is 0.444 e. The first kappa shape index (κ1) is 21.4. The summed E-state index contributed by atoms with van der Waals surface area (Å²) in [5.74, 6) is 0.810. The minimum Gasteiger partial charge on any atom is -0.444 e. The molecule has 0 spiro atoms. The van der Waals surface area contributed by atoms with Crippen molar-refractivity contribution in [2.75, 3.05) is 45.9 Å². The van der Waals surface area contributed by atoms with Gasteiger partial charge in [0.15, 0.2) is 0 Å². The Morgan fingerprint density at radius 1 is 1.06 bits per heavy atom. The lowest BCUT2D eigenvalue weighted by atomic mass is 9.95. The van der Waals surface area contributed by atoms with E-state index in [4.69, 9.17) is 9.15 Å². The van der Waals surface area contributed by atoms with Gasteiger partial charge in [0.1, 0.15) is 6.26 Å². The molecule has 8 nitrogen and oxygen atoms in total. The van der Waals surface area contributed by atoms with E-state index in [0.717, 1.165) is 11.3 Å². The quantitative estimate of drug-likeness (QED) is 0.794. The molecule has 0 aliphatic carbocycles. The predicted octanol–water partition coefficient (Wildman–Crippen LogP) is 2.47. The number of oxazole rings is 1. The number of morpholine rings is 1. The normalized spacial score (nSPS) is 17.6. The van der Waals surface area contributed by atoms with Crippen LogP contribution in [0.2, 0.25) is 0 Å². The van der Waals surface area contributed by atoms with Gasteiger partial charge in [0, 0.05) is 50.6 Å². The van der Waals surface area contributed by atoms with Crippen LogP contribution in [0, 0.1) is 12.8 Å². The fraction of sp³-hybridized carbons (Fsp3) is 0.522. The summed E-state index contributed by atoms with van der Waals surface area (Å²) < 4.78 is 10.9. The Hall–Kier alpha value is -2.87. The smallest absolute Gasteiger partial charge is 0.317 e. The first-order valence-electron chi connectivity index (χ1n) is 11.0. The van der Waals surface area contributed by atoms with Crippen molar-refractivity contribution in [1.29, 1.82) is 0 Å². The van der Waals surface area contributed by atoms with Crippen LogP contribution < -0.4 is 5.32 Å². The number of nitrogens with one attached hydrogen (secondary N) is 1. The third-order valence-electron chi connectivity index (χ3n) is 5.96. The zero-order valence-corrected chi connectivity index (χ0v) is 18.0. The van der Waals surface area contributed by atoms with E-state index < -0.39 is 0 Å². The highest BCUT2D eigenvalue weighted by molar-refractivity contribution is 5.80. The molecule has 2 aliphatic rings. The molecule has 1 aromatic heterocycles. The second-order valence-corrected chi connectivity index (χ2v) is 8.19. The van der Waals surface area contributed by atoms with Gasteiger partial charge < -0.3 is 24.3 Å². The number of carbonyl (C=O) groups excluding carboxylic acids is 2. The summed E-state index contributed by atoms with van der Waals surface area (Å²) in [7, 11) is 0. The minimum atomic E-state index is -0.0838. The number of benzene rings is 1. The van der Waals surface area contributed by atoms with Crippen LogP contribution in [0.3, 0.4) is 0 Å². The summed E-state index contributed by atoms with van der Waals surface area (Å²) in [4.78, 5) is 33.3. The van der Waals surface area contributed by atoms with E-state index in [0.29, 0.717) is 71.1 Å². The van der Waals surface area contributed by atoms with Crippen LogP contribution in [0.5, 0.6) is 0 Å². The second-order valence-electron chi connectivity index (χ2n) is 8.19. The Morgan fingerprint density at radius 3 is 2.48 bits per heavy atom. The first-order valence-corrected chi connectivity index (χ1v) is 11.0. The number of urea groups is 1. The molecule has 0 unspecified atom stereocenters. The highest BCUT2D eigenvalue weighted by atomic mass is 16.5. The standard InChI is InChI=1S/C23H30N4O4/c1-17-2-4-18(5-3-17)21-25-20(16-31-21)6-9-24-23(29)27-10-7-19(8-11-27)22(28)26-12-14-30-15-13-26/h2-5,16,19H,6-15H2,1H3,(H,24,29). The van der Waals surface area contributed by atoms with Gasteiger partial charge in [-0.25, -0.2) is 9.78 Å². The van der Waals surface area contributed by atoms with Gasteiger partial charge >= 0.3 is 6.03 Å². The van der Waals surface area contributed by atoms with Crippen LogP contribution in [0.1, 0.15) is 24.1 Å². The molecule has 0 bridgehead atoms. The highest BCUT2D eigenvalue weighted by Crippen LogP contribution is 2.21. The van der Waals surface area contributed by atoms with Crippen molar-refractivity contribution in [2.24, 2.45) is 5.92 Å². The maximum atomic E-state index is 12.6. The molecule has 3 heterocycles. The molecule has 166 valence electrons. The van der Waals surface area contributed by atoms with Crippen LogP contribution in [-0.2, 0) is 16.0 Å². The summed E-state index contributed by atoms with van der Waals surface area (Å²) in [6, 6.07) is 7.94. The number of nitrogens with zero attached hydrogens (tertiary/aromatic N) is 3. The average Bonchev–Trinajstić information content (AvgIpc) is 3.28. The Bertz CT molecular complexity index is 881. The topological polar surface area (TPSA) is 87.9 Å². The van der Waals surface area contributed by atoms with Crippen LogP contribution in [0.4, 0.5) is 4.79 Å². The molecule has 0 radical (unpaired) electrons. The number of aryl methyl sites for hydroxylation is 1. The van der Waals surface area contributed by atoms with E-state index in [1.807, 2.05) is 36.1 Å². The molecule has 3 amide bonds. The molecular weight excluding hydrogens is 396 g/mol. The third kappa shape index (κ3) is 5.44. The molecule has 2 fully saturated rings. The summed E-state index contributed by atoms with van der Waals surface area (Å²) in [6.07, 6.45) is 3.68. The zero-order chi connectivity index (χ0) is 21.6. The van der Waals surface area contributed by atoms with Gasteiger partial charge in [-0.15, -0.1) is 0 Å². The van der Waals surface area contributed by atoms with Gasteiger partial charge in [-0.3, -0.25) is 4.79 Å². The number of hydrogen-bond acceptors (Lipinski definition) is 5. The predicted molar refractivity (Wildman–Crippen MR) is 115 cm³/mol. The summed E-state index contributed by atoms with van der Waals surface area (Å²) in [6.45, 7) is 6.32. The van der Waals surface area contributed by atoms with Crippen molar-refractivity contribution in [1.82, 2.24) is 20.1 Å². The Morgan fingerprint density at radius 2 is 1.77 bits per heavy atom. The lowest BCUT2D eigenvalue weighted by Gasteiger charge is -2.35. The molecule has 2 saturated heterocycles. The number of ether oxygens (including phenoxy) is 1. The number of piperidine rings is 1. The van der Waals surface area contributed by atoms with E-state index in [1.54, 1.807) is 11.2 Å². The molecule has 31 heavy (non-hydrogen) atoms. The molecule has 1 aromatic carbocycles. The van der Waals surface area contributed by atoms with Gasteiger partial charge in [-0.2, -0.15) is 0 Å². The third-order valence-corrected chi connectivity index (χ3v) is 5.96. The number of carbonyl (C=O) groups is 2. The van der Waals surface area contributed by atoms with E-state index >= 15 is 0 Å². The summed E-state index contributed by atoms with van der Waals surface area (Å²) in [5, 5.41) is 2.96. The van der Waals surface area contributed by atoms with E-state index in [-0.39, 0.29) is 17.9 Å². The molecule has 8 heteroatoms. The van der Waals surface area contributed by atoms with Crippen molar-refractivity contribution in [3.8, 4) is 11.5 Å². The number of amides is 3. The molecule has 0 saturated carbocycles. The number of likely N-dealkylation sites (tertiary alicyclic amines) is 1. The van der Waals surface area contributed by atoms with Gasteiger partial charge in [0.2, 0.25) is 11.8 Å². The number of aromatic nitrogens is 1. The Kier molecular flexibility index (Phi) is 6.86. The van der Waals surface area contributed by atoms with Crippen molar-refractivity contribution in [3.05, 3.63) is 41.8 Å². The van der Waals surface area contributed by atoms with Crippen molar-refractivity contribution in [3.63, 3.8) is 0 Å². The van der Waals surface area contributed by atoms with Crippen molar-refractivity contribution < 1.29 is 18.7 Å². The molecule has 0 atom stereocenters. The molecule has 2 aliphatic heterocycles. The Balaban J connectivity index is 1.19. The van der Waals surface area contributed by atoms with Crippen LogP contribution in [0.25, 0.3) is 11.5 Å². The van der Waals surface area contributed by atoms with Crippen LogP contribution >= 0.6 is 0 Å². The Labute approximate surface area is 182 Å². The SMILES string of the molecule is Cc1ccc(-c2nc(CCNC(=O)N3CCC(C(=O)N4CCOCC4)CC3)co2)cc1. The average molecular weight is 427 g/mol. The number of hydrogen-bond donors (Lipinski definition) is 1. The lowest BCUT2D eigenvalue weighted by molar-refractivity contribution is -0.141. The highest BCUT2D eigenvalue weighted by Gasteiger charge is 2.30. The molecule has 4 rings (SSSR count). The van der Waals surface area contributed by atoms with Crippen LogP contribution in [-0.4, -0.2) is 72.7 Å².